The second-order valence-electron chi connectivity index (χ2n) is 27.0. The fourth-order valence-electron chi connectivity index (χ4n) is 16.9. The Morgan fingerprint density at radius 3 is 1.34 bits per heavy atom. The Balaban J connectivity index is 1.06. The van der Waals surface area contributed by atoms with Gasteiger partial charge in [0.2, 0.25) is 0 Å². The first-order valence-corrected chi connectivity index (χ1v) is 32.2. The first-order valence-electron chi connectivity index (χ1n) is 30.2. The van der Waals surface area contributed by atoms with E-state index in [4.69, 9.17) is 8.83 Å². The van der Waals surface area contributed by atoms with Gasteiger partial charge >= 0.3 is 0 Å². The van der Waals surface area contributed by atoms with E-state index in [2.05, 4.69) is 276 Å². The molecule has 0 spiro atoms. The van der Waals surface area contributed by atoms with Gasteiger partial charge in [0.25, 0.3) is 6.71 Å². The van der Waals surface area contributed by atoms with Crippen molar-refractivity contribution in [1.29, 1.82) is 0 Å². The molecule has 1 saturated carbocycles. The summed E-state index contributed by atoms with van der Waals surface area (Å²) < 4.78 is 15.0. The number of fused-ring (bicyclic) bond motifs is 9. The van der Waals surface area contributed by atoms with Crippen LogP contribution >= 0.6 is 0 Å². The van der Waals surface area contributed by atoms with Gasteiger partial charge in [0.15, 0.2) is 19.2 Å². The molecule has 7 heteroatoms. The van der Waals surface area contributed by atoms with Crippen molar-refractivity contribution in [3.05, 3.63) is 223 Å². The Hall–Kier alpha value is -8.52. The van der Waals surface area contributed by atoms with Gasteiger partial charge in [-0.25, -0.2) is 0 Å². The molecule has 83 heavy (non-hydrogen) atoms. The normalized spacial score (nSPS) is 19.2. The van der Waals surface area contributed by atoms with E-state index in [1.165, 1.54) is 101 Å². The summed E-state index contributed by atoms with van der Waals surface area (Å²) in [4.78, 5) is 8.07. The zero-order valence-electron chi connectivity index (χ0n) is 48.7. The molecule has 2 aromatic heterocycles. The number of hydrogen-bond acceptors (Lipinski definition) is 5. The molecule has 404 valence electrons. The third-order valence-corrected chi connectivity index (χ3v) is 25.6. The lowest BCUT2D eigenvalue weighted by atomic mass is 9.33. The maximum Gasteiger partial charge on any atom is 0.251 e. The van der Waals surface area contributed by atoms with E-state index < -0.39 is 8.07 Å². The van der Waals surface area contributed by atoms with Gasteiger partial charge in [-0.15, -0.1) is 0 Å². The van der Waals surface area contributed by atoms with E-state index in [-0.39, 0.29) is 28.5 Å². The van der Waals surface area contributed by atoms with Crippen LogP contribution < -0.4 is 51.8 Å². The average molecular weight is 1090 g/mol. The highest BCUT2D eigenvalue weighted by atomic mass is 28.3. The molecule has 17 rings (SSSR count). The van der Waals surface area contributed by atoms with Crippen molar-refractivity contribution in [2.24, 2.45) is 0 Å². The molecule has 1 aliphatic carbocycles. The predicted octanol–water partition coefficient (Wildman–Crippen LogP) is 15.6. The first-order chi connectivity index (χ1) is 40.2. The highest BCUT2D eigenvalue weighted by Gasteiger charge is 2.60. The van der Waals surface area contributed by atoms with Crippen LogP contribution in [-0.4, -0.2) is 20.3 Å². The summed E-state index contributed by atoms with van der Waals surface area (Å²) in [7, 11) is -3.15. The fraction of sp³-hybridized carbons (Fsp3) is 0.211. The van der Waals surface area contributed by atoms with Crippen LogP contribution in [0.25, 0.3) is 43.9 Å². The lowest BCUT2D eigenvalue weighted by Crippen LogP contribution is -2.88. The van der Waals surface area contributed by atoms with Gasteiger partial charge in [-0.1, -0.05) is 225 Å². The number of hydrogen-bond donors (Lipinski definition) is 0. The Bertz CT molecular complexity index is 4480. The standard InChI is InChI=1S/C76H66BN3O2Si/c1-73(2,3)55-34-19-29-50-52-31-21-39-60(71(52)81-69(50)55)78-58-37-23-41-64-67(58)77-66-62(78)45-47(80-57-36-16-15-33-54(57)75(7)43-17-18-44-76(75,80)8)46-63(66)79(61-40-22-32-53-51-30-20-35-56(74(4,5)6)70(51)82-72(53)61)59-38-24-42-65(68(59)77)83(64,48-25-11-9-12-26-48)49-27-13-10-14-28-49/h9-16,19-42,45-46H,17-18,43-44H2,1-8H3. The molecule has 5 aliphatic rings. The van der Waals surface area contributed by atoms with E-state index in [1.807, 2.05) is 0 Å². The largest absolute Gasteiger partial charge is 0.454 e. The van der Waals surface area contributed by atoms with E-state index in [0.29, 0.717) is 0 Å². The minimum atomic E-state index is -3.15. The van der Waals surface area contributed by atoms with E-state index in [9.17, 15) is 0 Å². The Morgan fingerprint density at radius 2 is 0.831 bits per heavy atom. The number of furan rings is 2. The number of benzene rings is 10. The molecule has 10 aromatic carbocycles. The van der Waals surface area contributed by atoms with Crippen LogP contribution in [0.2, 0.25) is 0 Å². The molecule has 6 heterocycles. The maximum absolute atomic E-state index is 7.51. The third kappa shape index (κ3) is 6.28. The fourth-order valence-corrected chi connectivity index (χ4v) is 22.2. The van der Waals surface area contributed by atoms with Crippen LogP contribution in [0.1, 0.15) is 97.8 Å². The van der Waals surface area contributed by atoms with Gasteiger partial charge in [0, 0.05) is 72.2 Å². The average Bonchev–Trinajstić information content (AvgIpc) is 3.38. The van der Waals surface area contributed by atoms with Crippen molar-refractivity contribution in [1.82, 2.24) is 0 Å². The Kier molecular flexibility index (Phi) is 9.96. The first kappa shape index (κ1) is 49.1. The molecular weight excluding hydrogens is 1030 g/mol. The summed E-state index contributed by atoms with van der Waals surface area (Å²) in [6.07, 6.45) is 4.64. The molecule has 0 amide bonds. The molecule has 5 nitrogen and oxygen atoms in total. The van der Waals surface area contributed by atoms with Gasteiger partial charge in [-0.05, 0) is 116 Å². The zero-order chi connectivity index (χ0) is 56.1. The van der Waals surface area contributed by atoms with Crippen molar-refractivity contribution in [2.45, 2.75) is 103 Å². The summed E-state index contributed by atoms with van der Waals surface area (Å²) in [5.74, 6) is 0. The summed E-state index contributed by atoms with van der Waals surface area (Å²) in [6.45, 7) is 18.8. The maximum atomic E-state index is 7.51. The zero-order valence-corrected chi connectivity index (χ0v) is 49.7. The molecule has 0 bridgehead atoms. The molecule has 0 saturated heterocycles. The van der Waals surface area contributed by atoms with Crippen LogP contribution in [0.3, 0.4) is 0 Å². The number of para-hydroxylation sites is 5. The van der Waals surface area contributed by atoms with E-state index >= 15 is 0 Å². The molecular formula is C76H66BN3O2Si. The van der Waals surface area contributed by atoms with Gasteiger partial charge in [0.1, 0.15) is 11.2 Å². The number of anilines is 8. The van der Waals surface area contributed by atoms with Crippen LogP contribution in [-0.2, 0) is 16.2 Å². The topological polar surface area (TPSA) is 36.0 Å². The predicted molar refractivity (Wildman–Crippen MR) is 352 cm³/mol. The summed E-state index contributed by atoms with van der Waals surface area (Å²) >= 11 is 0. The monoisotopic (exact) mass is 1090 g/mol. The Labute approximate surface area is 487 Å². The second kappa shape index (κ2) is 16.8. The molecule has 0 radical (unpaired) electrons. The molecule has 4 aliphatic heterocycles. The highest BCUT2D eigenvalue weighted by Crippen LogP contribution is 2.62. The van der Waals surface area contributed by atoms with Crippen LogP contribution in [0.4, 0.5) is 45.5 Å². The molecule has 12 aromatic rings. The van der Waals surface area contributed by atoms with E-state index in [0.717, 1.165) is 68.1 Å². The van der Waals surface area contributed by atoms with Gasteiger partial charge in [-0.3, -0.25) is 0 Å². The lowest BCUT2D eigenvalue weighted by Gasteiger charge is -2.53. The second-order valence-corrected chi connectivity index (χ2v) is 30.7. The molecule has 0 N–H and O–H groups in total. The lowest BCUT2D eigenvalue weighted by molar-refractivity contribution is 0.195. The highest BCUT2D eigenvalue weighted by molar-refractivity contribution is 7.27. The minimum Gasteiger partial charge on any atom is -0.454 e. The van der Waals surface area contributed by atoms with Crippen LogP contribution in [0.5, 0.6) is 0 Å². The summed E-state index contributed by atoms with van der Waals surface area (Å²) in [5.41, 5.74) is 20.4. The van der Waals surface area contributed by atoms with Gasteiger partial charge in [-0.2, -0.15) is 0 Å². The minimum absolute atomic E-state index is 0.0567. The van der Waals surface area contributed by atoms with Crippen molar-refractivity contribution in [3.8, 4) is 0 Å². The van der Waals surface area contributed by atoms with Crippen molar-refractivity contribution in [2.75, 3.05) is 14.7 Å². The van der Waals surface area contributed by atoms with E-state index in [1.54, 1.807) is 0 Å². The van der Waals surface area contributed by atoms with Crippen molar-refractivity contribution in [3.63, 3.8) is 0 Å². The van der Waals surface area contributed by atoms with Crippen molar-refractivity contribution < 1.29 is 8.83 Å². The van der Waals surface area contributed by atoms with Gasteiger partial charge in [0.05, 0.1) is 16.9 Å². The van der Waals surface area contributed by atoms with Crippen molar-refractivity contribution >= 4 is 141 Å². The van der Waals surface area contributed by atoms with Gasteiger partial charge < -0.3 is 23.5 Å². The quantitative estimate of drug-likeness (QED) is 0.161. The number of nitrogens with zero attached hydrogens (tertiary/aromatic N) is 3. The summed E-state index contributed by atoms with van der Waals surface area (Å²) in [5, 5.41) is 10.1. The Morgan fingerprint density at radius 1 is 0.410 bits per heavy atom. The number of rotatable bonds is 5. The molecule has 1 fully saturated rings. The van der Waals surface area contributed by atoms with Crippen LogP contribution in [0, 0.1) is 0 Å². The van der Waals surface area contributed by atoms with Crippen LogP contribution in [0.15, 0.2) is 215 Å². The summed E-state index contributed by atoms with van der Waals surface area (Å²) in [6, 6.07) is 79.4. The third-order valence-electron chi connectivity index (χ3n) is 20.7. The molecule has 2 unspecified atom stereocenters. The molecule has 2 atom stereocenters. The SMILES string of the molecule is CC(C)(C)c1cccc2c1oc1c(N3c4cc(N5c6ccccc6C6(C)CCCCC56C)cc5c4B4c6c3cccc6[Si](c3ccccc3)(c3ccccc3)c3cccc(c34)N5c3cccc4c3oc3c(C(C)(C)C)cccc34)cccc12. The smallest absolute Gasteiger partial charge is 0.251 e.